The number of hydrogen-bond acceptors (Lipinski definition) is 5. The van der Waals surface area contributed by atoms with Crippen molar-refractivity contribution in [3.8, 4) is 0 Å². The Bertz CT molecular complexity index is 952. The van der Waals surface area contributed by atoms with Crippen molar-refractivity contribution in [2.24, 2.45) is 10.2 Å². The number of halogens is 3. The van der Waals surface area contributed by atoms with Gasteiger partial charge < -0.3 is 4.74 Å². The molecule has 0 bridgehead atoms. The summed E-state index contributed by atoms with van der Waals surface area (Å²) in [6.07, 6.45) is 1.84. The van der Waals surface area contributed by atoms with Crippen LogP contribution in [0.2, 0.25) is 0 Å². The predicted molar refractivity (Wildman–Crippen MR) is 118 cm³/mol. The zero-order valence-electron chi connectivity index (χ0n) is 18.1. The summed E-state index contributed by atoms with van der Waals surface area (Å²) < 4.78 is 47.1. The topological polar surface area (TPSA) is 58.9 Å². The molecule has 1 aliphatic carbocycles. The van der Waals surface area contributed by atoms with Crippen LogP contribution in [0.5, 0.6) is 0 Å². The highest BCUT2D eigenvalue weighted by molar-refractivity contribution is 5.97. The molecular weight excluding hydrogens is 405 g/mol. The lowest BCUT2D eigenvalue weighted by Gasteiger charge is -2.16. The molecule has 1 aliphatic rings. The molecule has 0 atom stereocenters. The van der Waals surface area contributed by atoms with Gasteiger partial charge >= 0.3 is 6.18 Å². The standard InChI is InChI=1S/C23H29F3N4O/c1-4-5-6-7-10-28-14-31-22(30-27-3)20-11-15(2)18-12-17(16-8-9-16)13-19(21(18)29-20)23(24,25)26/h11-13,16,28H,3-10,14H2,1-2H3/b30-22-. The summed E-state index contributed by atoms with van der Waals surface area (Å²) in [6, 6.07) is 4.75. The first kappa shape index (κ1) is 23.2. The molecular formula is C23H29F3N4O. The predicted octanol–water partition coefficient (Wildman–Crippen LogP) is 5.95. The molecule has 0 aliphatic heterocycles. The Labute approximate surface area is 180 Å². The zero-order chi connectivity index (χ0) is 22.4. The van der Waals surface area contributed by atoms with Crippen molar-refractivity contribution in [3.05, 3.63) is 40.6 Å². The van der Waals surface area contributed by atoms with E-state index < -0.39 is 11.7 Å². The van der Waals surface area contributed by atoms with Gasteiger partial charge in [-0.05, 0) is 68.0 Å². The quantitative estimate of drug-likeness (QED) is 0.165. The van der Waals surface area contributed by atoms with Gasteiger partial charge in [-0.15, -0.1) is 5.10 Å². The van der Waals surface area contributed by atoms with E-state index in [2.05, 4.69) is 34.1 Å². The Kier molecular flexibility index (Phi) is 7.64. The molecule has 168 valence electrons. The molecule has 0 amide bonds. The molecule has 1 fully saturated rings. The van der Waals surface area contributed by atoms with Crippen molar-refractivity contribution < 1.29 is 17.9 Å². The van der Waals surface area contributed by atoms with Crippen molar-refractivity contribution in [2.75, 3.05) is 13.3 Å². The van der Waals surface area contributed by atoms with Crippen LogP contribution in [0, 0.1) is 6.92 Å². The molecule has 0 saturated heterocycles. The summed E-state index contributed by atoms with van der Waals surface area (Å²) in [5, 5.41) is 11.0. The van der Waals surface area contributed by atoms with Gasteiger partial charge in [-0.3, -0.25) is 5.32 Å². The van der Waals surface area contributed by atoms with Crippen molar-refractivity contribution in [1.82, 2.24) is 10.3 Å². The van der Waals surface area contributed by atoms with E-state index in [1.54, 1.807) is 13.0 Å². The lowest BCUT2D eigenvalue weighted by Crippen LogP contribution is -2.23. The number of nitrogens with zero attached hydrogens (tertiary/aromatic N) is 3. The second kappa shape index (κ2) is 10.2. The number of aryl methyl sites for hydroxylation is 1. The number of aromatic nitrogens is 1. The van der Waals surface area contributed by atoms with Gasteiger partial charge in [0, 0.05) is 12.1 Å². The van der Waals surface area contributed by atoms with Gasteiger partial charge in [0.25, 0.3) is 5.90 Å². The van der Waals surface area contributed by atoms with Crippen molar-refractivity contribution in [1.29, 1.82) is 0 Å². The van der Waals surface area contributed by atoms with Crippen LogP contribution in [-0.4, -0.2) is 30.9 Å². The Morgan fingerprint density at radius 1 is 1.23 bits per heavy atom. The summed E-state index contributed by atoms with van der Waals surface area (Å²) in [5.74, 6) is 0.249. The average Bonchev–Trinajstić information content (AvgIpc) is 3.56. The maximum Gasteiger partial charge on any atom is 0.418 e. The Morgan fingerprint density at radius 2 is 2.00 bits per heavy atom. The van der Waals surface area contributed by atoms with E-state index in [9.17, 15) is 13.2 Å². The highest BCUT2D eigenvalue weighted by Crippen LogP contribution is 2.44. The minimum absolute atomic E-state index is 0.0421. The minimum atomic E-state index is -4.50. The third-order valence-electron chi connectivity index (χ3n) is 5.40. The van der Waals surface area contributed by atoms with Crippen LogP contribution in [-0.2, 0) is 10.9 Å². The first-order chi connectivity index (χ1) is 14.8. The Hall–Kier alpha value is -2.48. The van der Waals surface area contributed by atoms with Gasteiger partial charge in [0.15, 0.2) is 0 Å². The van der Waals surface area contributed by atoms with Crippen LogP contribution in [0.1, 0.15) is 73.8 Å². The monoisotopic (exact) mass is 434 g/mol. The normalized spacial score (nSPS) is 14.8. The molecule has 8 heteroatoms. The van der Waals surface area contributed by atoms with Gasteiger partial charge in [-0.2, -0.15) is 18.3 Å². The van der Waals surface area contributed by atoms with Crippen LogP contribution >= 0.6 is 0 Å². The molecule has 2 aromatic rings. The number of rotatable bonds is 10. The number of pyridine rings is 1. The summed E-state index contributed by atoms with van der Waals surface area (Å²) in [4.78, 5) is 4.29. The number of benzene rings is 1. The summed E-state index contributed by atoms with van der Waals surface area (Å²) in [7, 11) is 0. The van der Waals surface area contributed by atoms with Crippen LogP contribution in [0.15, 0.2) is 28.4 Å². The fourth-order valence-corrected chi connectivity index (χ4v) is 3.58. The maximum absolute atomic E-state index is 13.8. The third kappa shape index (κ3) is 6.03. The van der Waals surface area contributed by atoms with Crippen molar-refractivity contribution in [3.63, 3.8) is 0 Å². The van der Waals surface area contributed by atoms with Crippen molar-refractivity contribution >= 4 is 23.5 Å². The highest BCUT2D eigenvalue weighted by atomic mass is 19.4. The fraction of sp³-hybridized carbons (Fsp3) is 0.522. The third-order valence-corrected chi connectivity index (χ3v) is 5.40. The summed E-state index contributed by atoms with van der Waals surface area (Å²) >= 11 is 0. The average molecular weight is 435 g/mol. The molecule has 1 saturated carbocycles. The largest absolute Gasteiger partial charge is 0.459 e. The van der Waals surface area contributed by atoms with Crippen LogP contribution in [0.4, 0.5) is 13.2 Å². The number of nitrogens with one attached hydrogen (secondary N) is 1. The van der Waals surface area contributed by atoms with E-state index in [0.29, 0.717) is 10.9 Å². The number of hydrogen-bond donors (Lipinski definition) is 1. The van der Waals surface area contributed by atoms with Crippen molar-refractivity contribution in [2.45, 2.75) is 64.5 Å². The van der Waals surface area contributed by atoms with Gasteiger partial charge in [0.1, 0.15) is 12.4 Å². The lowest BCUT2D eigenvalue weighted by atomic mass is 9.98. The first-order valence-corrected chi connectivity index (χ1v) is 10.7. The van der Waals surface area contributed by atoms with Crippen LogP contribution < -0.4 is 5.32 Å². The minimum Gasteiger partial charge on any atom is -0.459 e. The smallest absolute Gasteiger partial charge is 0.418 e. The second-order valence-corrected chi connectivity index (χ2v) is 7.96. The lowest BCUT2D eigenvalue weighted by molar-refractivity contribution is -0.136. The van der Waals surface area contributed by atoms with E-state index in [1.807, 2.05) is 6.07 Å². The van der Waals surface area contributed by atoms with E-state index >= 15 is 0 Å². The molecule has 1 aromatic heterocycles. The highest BCUT2D eigenvalue weighted by Gasteiger charge is 2.36. The number of fused-ring (bicyclic) bond motifs is 1. The van der Waals surface area contributed by atoms with Gasteiger partial charge in [0.05, 0.1) is 11.1 Å². The van der Waals surface area contributed by atoms with Gasteiger partial charge in [-0.25, -0.2) is 4.98 Å². The fourth-order valence-electron chi connectivity index (χ4n) is 3.58. The molecule has 1 N–H and O–H groups in total. The van der Waals surface area contributed by atoms with E-state index in [1.165, 1.54) is 12.5 Å². The van der Waals surface area contributed by atoms with Gasteiger partial charge in [0.2, 0.25) is 0 Å². The SMILES string of the molecule is C=N/N=C(\OCNCCCCCC)c1cc(C)c2cc(C3CC3)cc(C(F)(F)F)c2n1. The van der Waals surface area contributed by atoms with Crippen LogP contribution in [0.25, 0.3) is 10.9 Å². The molecule has 1 heterocycles. The maximum atomic E-state index is 13.8. The van der Waals surface area contributed by atoms with E-state index in [-0.39, 0.29) is 29.8 Å². The molecule has 3 rings (SSSR count). The molecule has 0 spiro atoms. The van der Waals surface area contributed by atoms with Crippen LogP contribution in [0.3, 0.4) is 0 Å². The summed E-state index contributed by atoms with van der Waals surface area (Å²) in [5.41, 5.74) is 0.787. The Morgan fingerprint density at radius 3 is 2.65 bits per heavy atom. The number of ether oxygens (including phenoxy) is 1. The second-order valence-electron chi connectivity index (χ2n) is 7.96. The molecule has 5 nitrogen and oxygen atoms in total. The van der Waals surface area contributed by atoms with E-state index in [4.69, 9.17) is 4.74 Å². The first-order valence-electron chi connectivity index (χ1n) is 10.7. The molecule has 31 heavy (non-hydrogen) atoms. The zero-order valence-corrected chi connectivity index (χ0v) is 18.1. The summed E-state index contributed by atoms with van der Waals surface area (Å²) in [6.45, 7) is 8.20. The Balaban J connectivity index is 1.87. The van der Waals surface area contributed by atoms with Gasteiger partial charge in [-0.1, -0.05) is 26.2 Å². The molecule has 0 radical (unpaired) electrons. The molecule has 1 aromatic carbocycles. The number of unbranched alkanes of at least 4 members (excludes halogenated alkanes) is 3. The molecule has 0 unspecified atom stereocenters. The number of alkyl halides is 3. The van der Waals surface area contributed by atoms with E-state index in [0.717, 1.165) is 44.2 Å².